The van der Waals surface area contributed by atoms with E-state index < -0.39 is 0 Å². The number of nitrogens with zero attached hydrogens (tertiary/aromatic N) is 2. The highest BCUT2D eigenvalue weighted by Gasteiger charge is 2.10. The second kappa shape index (κ2) is 9.00. The molecular weight excluding hydrogens is 364 g/mol. The van der Waals surface area contributed by atoms with Crippen LogP contribution in [-0.2, 0) is 6.42 Å². The molecule has 7 heteroatoms. The Bertz CT molecular complexity index is 933. The van der Waals surface area contributed by atoms with E-state index in [2.05, 4.69) is 20.6 Å². The van der Waals surface area contributed by atoms with E-state index in [0.29, 0.717) is 23.1 Å². The maximum atomic E-state index is 12.4. The van der Waals surface area contributed by atoms with Crippen molar-refractivity contribution in [3.05, 3.63) is 77.2 Å². The number of methoxy groups -OCH3 is 1. The lowest BCUT2D eigenvalue weighted by Crippen LogP contribution is -2.15. The highest BCUT2D eigenvalue weighted by Crippen LogP contribution is 2.18. The van der Waals surface area contributed by atoms with Gasteiger partial charge in [-0.25, -0.2) is 9.97 Å². The smallest absolute Gasteiger partial charge is 0.274 e. The first-order valence-electron chi connectivity index (χ1n) is 8.40. The maximum Gasteiger partial charge on any atom is 0.274 e. The van der Waals surface area contributed by atoms with Gasteiger partial charge in [-0.2, -0.15) is 0 Å². The van der Waals surface area contributed by atoms with E-state index in [1.54, 1.807) is 37.4 Å². The van der Waals surface area contributed by atoms with Crippen LogP contribution >= 0.6 is 11.6 Å². The molecule has 138 valence electrons. The third-order valence-electron chi connectivity index (χ3n) is 3.88. The van der Waals surface area contributed by atoms with Gasteiger partial charge in [0.25, 0.3) is 5.91 Å². The number of hydrogen-bond donors (Lipinski definition) is 2. The van der Waals surface area contributed by atoms with Gasteiger partial charge in [-0.1, -0.05) is 35.9 Å². The van der Waals surface area contributed by atoms with Gasteiger partial charge >= 0.3 is 0 Å². The third-order valence-corrected chi connectivity index (χ3v) is 4.11. The number of nitrogens with one attached hydrogen (secondary N) is 2. The zero-order valence-corrected chi connectivity index (χ0v) is 15.5. The quantitative estimate of drug-likeness (QED) is 0.644. The number of para-hydroxylation sites is 1. The van der Waals surface area contributed by atoms with E-state index in [0.717, 1.165) is 17.7 Å². The topological polar surface area (TPSA) is 76.1 Å². The van der Waals surface area contributed by atoms with Crippen LogP contribution in [0, 0.1) is 0 Å². The van der Waals surface area contributed by atoms with Crippen molar-refractivity contribution < 1.29 is 9.53 Å². The standard InChI is InChI=1S/C20H19ClN4O2/c1-27-18-8-3-2-5-14(18)9-10-22-19-12-17(23-13-24-19)20(26)25-16-7-4-6-15(21)11-16/h2-8,11-13H,9-10H2,1H3,(H,25,26)(H,22,23,24). The van der Waals surface area contributed by atoms with Crippen LogP contribution in [0.15, 0.2) is 60.9 Å². The summed E-state index contributed by atoms with van der Waals surface area (Å²) in [5.74, 6) is 1.10. The van der Waals surface area contributed by atoms with Crippen molar-refractivity contribution in [2.75, 3.05) is 24.3 Å². The van der Waals surface area contributed by atoms with Crippen LogP contribution < -0.4 is 15.4 Å². The molecule has 1 heterocycles. The lowest BCUT2D eigenvalue weighted by molar-refractivity contribution is 0.102. The number of carbonyl (C=O) groups excluding carboxylic acids is 1. The molecule has 0 spiro atoms. The van der Waals surface area contributed by atoms with E-state index in [1.807, 2.05) is 24.3 Å². The molecule has 0 saturated heterocycles. The molecule has 3 aromatic rings. The van der Waals surface area contributed by atoms with Crippen LogP contribution in [0.25, 0.3) is 0 Å². The molecule has 1 amide bonds. The number of halogens is 1. The summed E-state index contributed by atoms with van der Waals surface area (Å²) in [6.45, 7) is 0.646. The van der Waals surface area contributed by atoms with E-state index in [-0.39, 0.29) is 11.6 Å². The molecule has 0 fully saturated rings. The molecule has 0 aliphatic rings. The Balaban J connectivity index is 1.60. The van der Waals surface area contributed by atoms with Crippen LogP contribution in [0.3, 0.4) is 0 Å². The van der Waals surface area contributed by atoms with E-state index in [4.69, 9.17) is 16.3 Å². The van der Waals surface area contributed by atoms with Crippen LogP contribution in [-0.4, -0.2) is 29.5 Å². The second-order valence-corrected chi connectivity index (χ2v) is 6.18. The minimum absolute atomic E-state index is 0.268. The molecule has 1 aromatic heterocycles. The SMILES string of the molecule is COc1ccccc1CCNc1cc(C(=O)Nc2cccc(Cl)c2)ncn1. The fraction of sp³-hybridized carbons (Fsp3) is 0.150. The average molecular weight is 383 g/mol. The highest BCUT2D eigenvalue weighted by molar-refractivity contribution is 6.30. The van der Waals surface area contributed by atoms with Gasteiger partial charge < -0.3 is 15.4 Å². The Morgan fingerprint density at radius 2 is 1.96 bits per heavy atom. The summed E-state index contributed by atoms with van der Waals surface area (Å²) in [7, 11) is 1.65. The Labute approximate surface area is 162 Å². The molecule has 0 aliphatic carbocycles. The van der Waals surface area contributed by atoms with Crippen molar-refractivity contribution in [2.45, 2.75) is 6.42 Å². The zero-order valence-electron chi connectivity index (χ0n) is 14.8. The maximum absolute atomic E-state index is 12.4. The van der Waals surface area contributed by atoms with Crippen molar-refractivity contribution in [1.29, 1.82) is 0 Å². The summed E-state index contributed by atoms with van der Waals surface area (Å²) in [6, 6.07) is 16.4. The van der Waals surface area contributed by atoms with Crippen molar-refractivity contribution in [2.24, 2.45) is 0 Å². The Morgan fingerprint density at radius 1 is 1.11 bits per heavy atom. The minimum Gasteiger partial charge on any atom is -0.496 e. The molecule has 3 rings (SSSR count). The van der Waals surface area contributed by atoms with Gasteiger partial charge in [-0.05, 0) is 36.2 Å². The summed E-state index contributed by atoms with van der Waals surface area (Å²) in [5.41, 5.74) is 1.97. The zero-order chi connectivity index (χ0) is 19.1. The number of ether oxygens (including phenoxy) is 1. The summed E-state index contributed by atoms with van der Waals surface area (Å²) >= 11 is 5.93. The van der Waals surface area contributed by atoms with E-state index >= 15 is 0 Å². The number of aromatic nitrogens is 2. The molecule has 0 bridgehead atoms. The van der Waals surface area contributed by atoms with Crippen molar-refractivity contribution in [3.8, 4) is 5.75 Å². The summed E-state index contributed by atoms with van der Waals surface area (Å²) in [5, 5.41) is 6.52. The minimum atomic E-state index is -0.326. The number of benzene rings is 2. The molecule has 0 saturated carbocycles. The Hall–Kier alpha value is -3.12. The molecule has 0 atom stereocenters. The van der Waals surface area contributed by atoms with E-state index in [9.17, 15) is 4.79 Å². The third kappa shape index (κ3) is 5.18. The molecule has 2 aromatic carbocycles. The largest absolute Gasteiger partial charge is 0.496 e. The molecule has 6 nitrogen and oxygen atoms in total. The van der Waals surface area contributed by atoms with Gasteiger partial charge in [0.1, 0.15) is 23.6 Å². The molecule has 0 unspecified atom stereocenters. The Kier molecular flexibility index (Phi) is 6.22. The summed E-state index contributed by atoms with van der Waals surface area (Å²) in [4.78, 5) is 20.6. The summed E-state index contributed by atoms with van der Waals surface area (Å²) in [6.07, 6.45) is 2.12. The average Bonchev–Trinajstić information content (AvgIpc) is 2.68. The first-order chi connectivity index (χ1) is 13.2. The lowest BCUT2D eigenvalue weighted by Gasteiger charge is -2.10. The fourth-order valence-electron chi connectivity index (χ4n) is 2.57. The first-order valence-corrected chi connectivity index (χ1v) is 8.78. The number of carbonyl (C=O) groups is 1. The first kappa shape index (κ1) is 18.7. The molecule has 0 radical (unpaired) electrons. The molecular formula is C20H19ClN4O2. The predicted molar refractivity (Wildman–Crippen MR) is 107 cm³/mol. The highest BCUT2D eigenvalue weighted by atomic mass is 35.5. The lowest BCUT2D eigenvalue weighted by atomic mass is 10.1. The fourth-order valence-corrected chi connectivity index (χ4v) is 2.76. The van der Waals surface area contributed by atoms with Crippen LogP contribution in [0.1, 0.15) is 16.1 Å². The number of rotatable bonds is 7. The number of amides is 1. The summed E-state index contributed by atoms with van der Waals surface area (Å²) < 4.78 is 5.35. The van der Waals surface area contributed by atoms with Gasteiger partial charge in [0, 0.05) is 23.3 Å². The number of hydrogen-bond acceptors (Lipinski definition) is 5. The van der Waals surface area contributed by atoms with Crippen LogP contribution in [0.4, 0.5) is 11.5 Å². The molecule has 27 heavy (non-hydrogen) atoms. The van der Waals surface area contributed by atoms with Gasteiger partial charge in [0.05, 0.1) is 7.11 Å². The van der Waals surface area contributed by atoms with Gasteiger partial charge in [-0.3, -0.25) is 4.79 Å². The number of anilines is 2. The van der Waals surface area contributed by atoms with Crippen molar-refractivity contribution in [3.63, 3.8) is 0 Å². The van der Waals surface area contributed by atoms with E-state index in [1.165, 1.54) is 6.33 Å². The molecule has 0 aliphatic heterocycles. The van der Waals surface area contributed by atoms with Gasteiger partial charge in [-0.15, -0.1) is 0 Å². The van der Waals surface area contributed by atoms with Crippen molar-refractivity contribution in [1.82, 2.24) is 9.97 Å². The second-order valence-electron chi connectivity index (χ2n) is 5.74. The Morgan fingerprint density at radius 3 is 2.78 bits per heavy atom. The monoisotopic (exact) mass is 382 g/mol. The van der Waals surface area contributed by atoms with Gasteiger partial charge in [0.2, 0.25) is 0 Å². The normalized spacial score (nSPS) is 10.3. The van der Waals surface area contributed by atoms with Crippen molar-refractivity contribution >= 4 is 29.0 Å². The molecule has 2 N–H and O–H groups in total. The van der Waals surface area contributed by atoms with Gasteiger partial charge in [0.15, 0.2) is 0 Å². The predicted octanol–water partition coefficient (Wildman–Crippen LogP) is 4.05. The van der Waals surface area contributed by atoms with Crippen LogP contribution in [0.2, 0.25) is 5.02 Å². The van der Waals surface area contributed by atoms with Crippen LogP contribution in [0.5, 0.6) is 5.75 Å².